The van der Waals surface area contributed by atoms with E-state index in [0.29, 0.717) is 0 Å². The Hall–Kier alpha value is -0.830. The molecule has 10 heavy (non-hydrogen) atoms. The Balaban J connectivity index is 3.34. The molecule has 0 aromatic carbocycles. The first-order chi connectivity index (χ1) is 4.85. The second-order valence-corrected chi connectivity index (χ2v) is 1.72. The Kier molecular flexibility index (Phi) is 5.77. The average molecular weight is 143 g/mol. The summed E-state index contributed by atoms with van der Waals surface area (Å²) in [5.41, 5.74) is 0. The third-order valence-electron chi connectivity index (χ3n) is 0.980. The lowest BCUT2D eigenvalue weighted by Gasteiger charge is -2.04. The molecule has 3 nitrogen and oxygen atoms in total. The fraction of sp³-hybridized carbons (Fsp3) is 0.571. The van der Waals surface area contributed by atoms with Crippen LogP contribution in [0.1, 0.15) is 20.3 Å². The summed E-state index contributed by atoms with van der Waals surface area (Å²) in [6, 6.07) is 0. The average Bonchev–Trinajstić information content (AvgIpc) is 1.99. The molecule has 1 atom stereocenters. The van der Waals surface area contributed by atoms with Crippen LogP contribution in [0.3, 0.4) is 0 Å². The van der Waals surface area contributed by atoms with Crippen molar-refractivity contribution < 1.29 is 9.88 Å². The van der Waals surface area contributed by atoms with E-state index >= 15 is 0 Å². The van der Waals surface area contributed by atoms with Crippen molar-refractivity contribution in [1.82, 2.24) is 0 Å². The van der Waals surface area contributed by atoms with Gasteiger partial charge < -0.3 is 0 Å². The van der Waals surface area contributed by atoms with Gasteiger partial charge in [-0.2, -0.15) is 4.89 Å². The maximum Gasteiger partial charge on any atom is 0.125 e. The van der Waals surface area contributed by atoms with Gasteiger partial charge in [-0.15, -0.1) is 6.58 Å². The normalized spacial score (nSPS) is 13.4. The summed E-state index contributed by atoms with van der Waals surface area (Å²) in [5, 5.41) is 3.41. The van der Waals surface area contributed by atoms with Gasteiger partial charge in [-0.1, -0.05) is 18.2 Å². The van der Waals surface area contributed by atoms with Crippen LogP contribution < -0.4 is 0 Å². The largest absolute Gasteiger partial charge is 0.220 e. The van der Waals surface area contributed by atoms with Crippen molar-refractivity contribution in [1.29, 1.82) is 0 Å². The summed E-state index contributed by atoms with van der Waals surface area (Å²) in [6.45, 7) is 7.28. The zero-order valence-electron chi connectivity index (χ0n) is 6.41. The molecule has 0 saturated heterocycles. The fourth-order valence-corrected chi connectivity index (χ4v) is 0.397. The van der Waals surface area contributed by atoms with Gasteiger partial charge in [-0.3, -0.25) is 0 Å². The van der Waals surface area contributed by atoms with E-state index in [0.717, 1.165) is 6.42 Å². The molecule has 0 fully saturated rings. The molecule has 0 radical (unpaired) electrons. The first-order valence-electron chi connectivity index (χ1n) is 3.28. The highest BCUT2D eigenvalue weighted by Crippen LogP contribution is 1.98. The maximum atomic E-state index is 4.76. The van der Waals surface area contributed by atoms with Gasteiger partial charge in [0.25, 0.3) is 0 Å². The van der Waals surface area contributed by atoms with Crippen LogP contribution in [-0.2, 0) is 9.88 Å². The van der Waals surface area contributed by atoms with E-state index in [9.17, 15) is 0 Å². The summed E-state index contributed by atoms with van der Waals surface area (Å²) in [6.07, 6.45) is 3.95. The summed E-state index contributed by atoms with van der Waals surface area (Å²) in [5.74, 6) is 0. The van der Waals surface area contributed by atoms with Crippen LogP contribution in [0.15, 0.2) is 17.8 Å². The molecule has 0 aliphatic carbocycles. The Labute approximate surface area is 61.2 Å². The minimum absolute atomic E-state index is 0.0660. The number of hydrogen-bond donors (Lipinski definition) is 0. The topological polar surface area (TPSA) is 30.8 Å². The lowest BCUT2D eigenvalue weighted by atomic mass is 10.3. The summed E-state index contributed by atoms with van der Waals surface area (Å²) >= 11 is 0. The van der Waals surface area contributed by atoms with Crippen molar-refractivity contribution >= 4 is 6.21 Å². The number of rotatable bonds is 5. The van der Waals surface area contributed by atoms with E-state index in [-0.39, 0.29) is 6.10 Å². The second-order valence-electron chi connectivity index (χ2n) is 1.72. The van der Waals surface area contributed by atoms with Crippen LogP contribution in [0.5, 0.6) is 0 Å². The van der Waals surface area contributed by atoms with E-state index in [1.54, 1.807) is 13.0 Å². The van der Waals surface area contributed by atoms with E-state index in [1.807, 2.05) is 6.92 Å². The highest BCUT2D eigenvalue weighted by atomic mass is 17.3. The van der Waals surface area contributed by atoms with Crippen molar-refractivity contribution in [2.45, 2.75) is 26.4 Å². The minimum Gasteiger partial charge on any atom is -0.220 e. The van der Waals surface area contributed by atoms with Crippen molar-refractivity contribution in [3.05, 3.63) is 12.7 Å². The molecule has 0 rings (SSSR count). The van der Waals surface area contributed by atoms with Gasteiger partial charge in [0.1, 0.15) is 6.10 Å². The molecule has 0 N–H and O–H groups in total. The highest BCUT2D eigenvalue weighted by Gasteiger charge is 1.99. The summed E-state index contributed by atoms with van der Waals surface area (Å²) < 4.78 is 0. The lowest BCUT2D eigenvalue weighted by molar-refractivity contribution is -0.315. The molecule has 3 heteroatoms. The van der Waals surface area contributed by atoms with Crippen molar-refractivity contribution in [2.24, 2.45) is 5.16 Å². The van der Waals surface area contributed by atoms with Crippen LogP contribution >= 0.6 is 0 Å². The summed E-state index contributed by atoms with van der Waals surface area (Å²) in [4.78, 5) is 9.19. The van der Waals surface area contributed by atoms with Gasteiger partial charge in [0.15, 0.2) is 0 Å². The molecule has 0 amide bonds. The molecular weight excluding hydrogens is 130 g/mol. The first kappa shape index (κ1) is 9.17. The molecule has 0 aliphatic heterocycles. The van der Waals surface area contributed by atoms with Crippen LogP contribution in [0.4, 0.5) is 0 Å². The molecule has 0 saturated carbocycles. The Morgan fingerprint density at radius 3 is 2.80 bits per heavy atom. The van der Waals surface area contributed by atoms with Gasteiger partial charge in [0, 0.05) is 6.21 Å². The third-order valence-corrected chi connectivity index (χ3v) is 0.980. The van der Waals surface area contributed by atoms with Gasteiger partial charge in [0.05, 0.1) is 0 Å². The molecule has 58 valence electrons. The summed E-state index contributed by atoms with van der Waals surface area (Å²) in [7, 11) is 0. The lowest BCUT2D eigenvalue weighted by Crippen LogP contribution is -2.05. The number of nitrogens with zero attached hydrogens (tertiary/aromatic N) is 1. The third kappa shape index (κ3) is 4.09. The molecule has 1 unspecified atom stereocenters. The minimum atomic E-state index is -0.0660. The Morgan fingerprint density at radius 1 is 1.70 bits per heavy atom. The van der Waals surface area contributed by atoms with Crippen LogP contribution in [0.25, 0.3) is 0 Å². The number of hydrogen-bond acceptors (Lipinski definition) is 3. The Bertz CT molecular complexity index is 112. The zero-order valence-corrected chi connectivity index (χ0v) is 6.41. The predicted octanol–water partition coefficient (Wildman–Crippen LogP) is 1.90. The second kappa shape index (κ2) is 6.29. The monoisotopic (exact) mass is 143 g/mol. The van der Waals surface area contributed by atoms with Crippen molar-refractivity contribution in [3.63, 3.8) is 0 Å². The smallest absolute Gasteiger partial charge is 0.125 e. The van der Waals surface area contributed by atoms with Crippen LogP contribution in [0.2, 0.25) is 0 Å². The van der Waals surface area contributed by atoms with Gasteiger partial charge in [0.2, 0.25) is 0 Å². The number of oxime groups is 1. The maximum absolute atomic E-state index is 4.76. The van der Waals surface area contributed by atoms with Crippen LogP contribution in [-0.4, -0.2) is 12.3 Å². The predicted molar refractivity (Wildman–Crippen MR) is 40.6 cm³/mol. The van der Waals surface area contributed by atoms with Gasteiger partial charge in [-0.25, -0.2) is 4.99 Å². The van der Waals surface area contributed by atoms with Crippen molar-refractivity contribution in [3.8, 4) is 0 Å². The molecule has 0 spiro atoms. The van der Waals surface area contributed by atoms with E-state index in [2.05, 4.69) is 16.7 Å². The SMILES string of the molecule is C=CC(CC)OON=CC. The molecule has 0 aromatic rings. The van der Waals surface area contributed by atoms with E-state index in [1.165, 1.54) is 6.21 Å². The molecule has 0 bridgehead atoms. The molecule has 0 aliphatic rings. The zero-order chi connectivity index (χ0) is 7.82. The standard InChI is InChI=1S/C7H13NO2/c1-4-7(5-2)9-10-8-6-3/h4,6-7H,1,5H2,2-3H3. The quantitative estimate of drug-likeness (QED) is 0.255. The molecular formula is C7H13NO2. The van der Waals surface area contributed by atoms with E-state index in [4.69, 9.17) is 4.89 Å². The molecule has 0 heterocycles. The highest BCUT2D eigenvalue weighted by molar-refractivity contribution is 5.52. The van der Waals surface area contributed by atoms with E-state index < -0.39 is 0 Å². The van der Waals surface area contributed by atoms with Crippen molar-refractivity contribution in [2.75, 3.05) is 0 Å². The van der Waals surface area contributed by atoms with Gasteiger partial charge in [-0.05, 0) is 13.3 Å². The van der Waals surface area contributed by atoms with Crippen LogP contribution in [0, 0.1) is 0 Å². The fourth-order valence-electron chi connectivity index (χ4n) is 0.397. The Morgan fingerprint density at radius 2 is 2.40 bits per heavy atom. The van der Waals surface area contributed by atoms with Gasteiger partial charge >= 0.3 is 0 Å². The first-order valence-corrected chi connectivity index (χ1v) is 3.28. The molecule has 0 aromatic heterocycles.